The van der Waals surface area contributed by atoms with Crippen molar-refractivity contribution >= 4 is 17.3 Å². The number of carbonyl (C=O) groups excluding carboxylic acids is 1. The Hall–Kier alpha value is -2.85. The minimum Gasteiger partial charge on any atom is -0.383 e. The number of morpholine rings is 1. The molecule has 1 amide bonds. The summed E-state index contributed by atoms with van der Waals surface area (Å²) >= 11 is 0. The van der Waals surface area contributed by atoms with E-state index in [0.717, 1.165) is 6.07 Å². The lowest BCUT2D eigenvalue weighted by Gasteiger charge is -2.30. The van der Waals surface area contributed by atoms with Crippen molar-refractivity contribution in [2.45, 2.75) is 13.0 Å². The summed E-state index contributed by atoms with van der Waals surface area (Å²) in [6, 6.07) is 6.25. The van der Waals surface area contributed by atoms with E-state index in [0.29, 0.717) is 32.8 Å². The Bertz CT molecular complexity index is 920. The zero-order chi connectivity index (χ0) is 22.4. The normalized spacial score (nSPS) is 14.1. The molecule has 6 nitrogen and oxygen atoms in total. The third-order valence-corrected chi connectivity index (χ3v) is 4.93. The second-order valence-electron chi connectivity index (χ2n) is 6.97. The molecule has 0 radical (unpaired) electrons. The number of halogens is 4. The Labute approximate surface area is 177 Å². The first kappa shape index (κ1) is 22.8. The highest BCUT2D eigenvalue weighted by atomic mass is 19.3. The average molecular weight is 440 g/mol. The topological polar surface area (TPSA) is 79.6 Å². The Morgan fingerprint density at radius 1 is 1.19 bits per heavy atom. The number of alkyl halides is 2. The van der Waals surface area contributed by atoms with Crippen LogP contribution in [0.2, 0.25) is 0 Å². The Morgan fingerprint density at radius 3 is 2.61 bits per heavy atom. The molecule has 1 saturated heterocycles. The lowest BCUT2D eigenvalue weighted by atomic mass is 10.1. The molecule has 2 aromatic rings. The smallest absolute Gasteiger partial charge is 0.266 e. The first-order valence-electron chi connectivity index (χ1n) is 9.86. The predicted molar refractivity (Wildman–Crippen MR) is 110 cm³/mol. The fourth-order valence-electron chi connectivity index (χ4n) is 3.32. The van der Waals surface area contributed by atoms with Crippen molar-refractivity contribution in [2.75, 3.05) is 49.6 Å². The lowest BCUT2D eigenvalue weighted by molar-refractivity contribution is 0.0951. The van der Waals surface area contributed by atoms with Gasteiger partial charge in [0.15, 0.2) is 0 Å². The van der Waals surface area contributed by atoms with Gasteiger partial charge in [-0.1, -0.05) is 18.2 Å². The van der Waals surface area contributed by atoms with Crippen molar-refractivity contribution in [3.63, 3.8) is 0 Å². The number of carbonyl (C=O) groups is 1. The molecule has 0 atom stereocenters. The summed E-state index contributed by atoms with van der Waals surface area (Å²) in [6.07, 6.45) is -2.96. The van der Waals surface area contributed by atoms with Crippen LogP contribution >= 0.6 is 0 Å². The predicted octanol–water partition coefficient (Wildman–Crippen LogP) is 3.04. The van der Waals surface area contributed by atoms with E-state index in [9.17, 15) is 22.4 Å². The number of nitrogens with two attached hydrogens (primary N) is 1. The highest BCUT2D eigenvalue weighted by molar-refractivity contribution is 6.00. The molecule has 0 aliphatic carbocycles. The van der Waals surface area contributed by atoms with Crippen molar-refractivity contribution in [1.29, 1.82) is 0 Å². The summed E-state index contributed by atoms with van der Waals surface area (Å²) in [5.41, 5.74) is 5.32. The van der Waals surface area contributed by atoms with Crippen molar-refractivity contribution in [1.82, 2.24) is 5.32 Å². The third-order valence-electron chi connectivity index (χ3n) is 4.93. The maximum atomic E-state index is 14.7. The molecule has 1 aliphatic heterocycles. The number of ether oxygens (including phenoxy) is 1. The minimum absolute atomic E-state index is 0.0712. The fourth-order valence-corrected chi connectivity index (χ4v) is 3.32. The first-order valence-corrected chi connectivity index (χ1v) is 9.86. The monoisotopic (exact) mass is 440 g/mol. The van der Waals surface area contributed by atoms with Crippen LogP contribution < -0.4 is 21.3 Å². The largest absolute Gasteiger partial charge is 0.383 e. The fraction of sp³-hybridized carbons (Fsp3) is 0.381. The van der Waals surface area contributed by atoms with Crippen LogP contribution in [0.3, 0.4) is 0 Å². The number of anilines is 2. The van der Waals surface area contributed by atoms with E-state index in [1.807, 2.05) is 0 Å². The van der Waals surface area contributed by atoms with Gasteiger partial charge >= 0.3 is 0 Å². The van der Waals surface area contributed by atoms with Gasteiger partial charge in [0, 0.05) is 38.3 Å². The summed E-state index contributed by atoms with van der Waals surface area (Å²) < 4.78 is 60.1. The molecule has 31 heavy (non-hydrogen) atoms. The lowest BCUT2D eigenvalue weighted by Crippen LogP contribution is -2.37. The van der Waals surface area contributed by atoms with E-state index in [4.69, 9.17) is 10.5 Å². The molecule has 3 rings (SSSR count). The van der Waals surface area contributed by atoms with E-state index in [2.05, 4.69) is 10.6 Å². The number of nitrogens with one attached hydrogen (secondary N) is 2. The van der Waals surface area contributed by atoms with E-state index in [-0.39, 0.29) is 35.6 Å². The first-order chi connectivity index (χ1) is 14.9. The molecular formula is C21H24F4N4O2. The van der Waals surface area contributed by atoms with Crippen molar-refractivity contribution in [3.8, 4) is 0 Å². The van der Waals surface area contributed by atoms with Crippen molar-refractivity contribution < 1.29 is 27.1 Å². The van der Waals surface area contributed by atoms with Gasteiger partial charge in [-0.2, -0.15) is 0 Å². The van der Waals surface area contributed by atoms with Crippen LogP contribution in [0.1, 0.15) is 27.9 Å². The maximum Gasteiger partial charge on any atom is 0.266 e. The molecule has 1 heterocycles. The van der Waals surface area contributed by atoms with Gasteiger partial charge in [-0.25, -0.2) is 17.6 Å². The zero-order valence-corrected chi connectivity index (χ0v) is 16.8. The summed E-state index contributed by atoms with van der Waals surface area (Å²) in [5.74, 6) is -2.17. The van der Waals surface area contributed by atoms with Gasteiger partial charge in [-0.15, -0.1) is 0 Å². The molecule has 0 spiro atoms. The van der Waals surface area contributed by atoms with E-state index < -0.39 is 29.5 Å². The summed E-state index contributed by atoms with van der Waals surface area (Å²) in [6.45, 7) is 2.09. The highest BCUT2D eigenvalue weighted by Gasteiger charge is 2.22. The summed E-state index contributed by atoms with van der Waals surface area (Å²) in [5, 5.41) is 5.43. The molecule has 0 bridgehead atoms. The molecule has 0 saturated carbocycles. The average Bonchev–Trinajstić information content (AvgIpc) is 2.77. The minimum atomic E-state index is -2.96. The number of benzene rings is 2. The maximum absolute atomic E-state index is 14.7. The van der Waals surface area contributed by atoms with Gasteiger partial charge in [0.1, 0.15) is 11.6 Å². The SMILES string of the molecule is NCCNc1cc(F)c(N2CCOCC2)cc1C(=O)NCc1cccc(C(F)F)c1F. The molecule has 0 unspecified atom stereocenters. The van der Waals surface area contributed by atoms with E-state index in [1.165, 1.54) is 24.3 Å². The molecule has 2 aromatic carbocycles. The van der Waals surface area contributed by atoms with Crippen molar-refractivity contribution in [2.24, 2.45) is 5.73 Å². The van der Waals surface area contributed by atoms with Crippen LogP contribution in [-0.4, -0.2) is 45.3 Å². The number of nitrogens with zero attached hydrogens (tertiary/aromatic N) is 1. The highest BCUT2D eigenvalue weighted by Crippen LogP contribution is 2.28. The summed E-state index contributed by atoms with van der Waals surface area (Å²) in [4.78, 5) is 14.6. The third kappa shape index (κ3) is 5.45. The van der Waals surface area contributed by atoms with E-state index in [1.54, 1.807) is 4.90 Å². The van der Waals surface area contributed by atoms with Gasteiger partial charge in [0.25, 0.3) is 12.3 Å². The Kier molecular flexibility index (Phi) is 7.69. The molecule has 10 heteroatoms. The molecule has 1 fully saturated rings. The van der Waals surface area contributed by atoms with Crippen molar-refractivity contribution in [3.05, 3.63) is 58.7 Å². The second-order valence-corrected chi connectivity index (χ2v) is 6.97. The van der Waals surface area contributed by atoms with Crippen LogP contribution in [0.25, 0.3) is 0 Å². The molecule has 0 aromatic heterocycles. The van der Waals surface area contributed by atoms with Gasteiger partial charge in [-0.3, -0.25) is 4.79 Å². The molecular weight excluding hydrogens is 416 g/mol. The number of hydrogen-bond acceptors (Lipinski definition) is 5. The Balaban J connectivity index is 1.85. The van der Waals surface area contributed by atoms with Gasteiger partial charge in [0.2, 0.25) is 0 Å². The second kappa shape index (κ2) is 10.5. The van der Waals surface area contributed by atoms with Gasteiger partial charge in [0.05, 0.1) is 35.7 Å². The van der Waals surface area contributed by atoms with Gasteiger partial charge in [-0.05, 0) is 12.1 Å². The van der Waals surface area contributed by atoms with Crippen LogP contribution in [0.15, 0.2) is 30.3 Å². The Morgan fingerprint density at radius 2 is 1.94 bits per heavy atom. The van der Waals surface area contributed by atoms with E-state index >= 15 is 0 Å². The summed E-state index contributed by atoms with van der Waals surface area (Å²) in [7, 11) is 0. The number of hydrogen-bond donors (Lipinski definition) is 3. The quantitative estimate of drug-likeness (QED) is 0.550. The van der Waals surface area contributed by atoms with Crippen LogP contribution in [0.5, 0.6) is 0 Å². The van der Waals surface area contributed by atoms with Gasteiger partial charge < -0.3 is 26.0 Å². The molecule has 1 aliphatic rings. The number of rotatable bonds is 8. The molecule has 168 valence electrons. The standard InChI is InChI=1S/C21H24F4N4O2/c22-16-11-17(27-5-4-26)15(10-18(16)29-6-8-31-9-7-29)21(30)28-12-13-2-1-3-14(19(13)23)20(24)25/h1-3,10-11,20,27H,4-9,12,26H2,(H,28,30). The number of amides is 1. The zero-order valence-electron chi connectivity index (χ0n) is 16.8. The van der Waals surface area contributed by atoms with Crippen LogP contribution in [-0.2, 0) is 11.3 Å². The van der Waals surface area contributed by atoms with Crippen LogP contribution in [0, 0.1) is 11.6 Å². The molecule has 4 N–H and O–H groups in total. The van der Waals surface area contributed by atoms with Crippen LogP contribution in [0.4, 0.5) is 28.9 Å².